The highest BCUT2D eigenvalue weighted by Crippen LogP contribution is 2.39. The molecule has 0 spiro atoms. The fourth-order valence-corrected chi connectivity index (χ4v) is 7.87. The molecule has 2 aliphatic heterocycles. The van der Waals surface area contributed by atoms with Crippen molar-refractivity contribution in [2.24, 2.45) is 0 Å². The molecule has 3 aromatic heterocycles. The molecule has 0 unspecified atom stereocenters. The van der Waals surface area contributed by atoms with Gasteiger partial charge in [-0.3, -0.25) is 9.97 Å². The summed E-state index contributed by atoms with van der Waals surface area (Å²) in [5.74, 6) is -14.5. The highest BCUT2D eigenvalue weighted by Gasteiger charge is 2.32. The van der Waals surface area contributed by atoms with E-state index in [1.54, 1.807) is 0 Å². The zero-order valence-electron chi connectivity index (χ0n) is 32.6. The van der Waals surface area contributed by atoms with Gasteiger partial charge in [0.1, 0.15) is 0 Å². The summed E-state index contributed by atoms with van der Waals surface area (Å²) in [4.78, 5) is 124. The highest BCUT2D eigenvalue weighted by molar-refractivity contribution is 6.15. The predicted molar refractivity (Wildman–Crippen MR) is 218 cm³/mol. The van der Waals surface area contributed by atoms with Crippen LogP contribution in [0.5, 0.6) is 0 Å². The highest BCUT2D eigenvalue weighted by atomic mass is 16.4. The molecule has 0 atom stereocenters. The monoisotopic (exact) mass is 894 g/mol. The van der Waals surface area contributed by atoms with E-state index in [2.05, 4.69) is 44.0 Å². The summed E-state index contributed by atoms with van der Waals surface area (Å²) >= 11 is 0. The number of carboxylic acids is 8. The molecule has 8 bridgehead atoms. The summed E-state index contributed by atoms with van der Waals surface area (Å²) in [5, 5.41) is 80.3. The summed E-state index contributed by atoms with van der Waals surface area (Å²) in [6.07, 6.45) is 0. The van der Waals surface area contributed by atoms with E-state index in [1.165, 1.54) is 0 Å². The number of hydrogen-bond donors (Lipinski definition) is 10. The fourth-order valence-electron chi connectivity index (χ4n) is 7.87. The van der Waals surface area contributed by atoms with Crippen molar-refractivity contribution >= 4 is 91.9 Å². The minimum Gasteiger partial charge on any atom is -0.478 e. The molecule has 0 amide bonds. The van der Waals surface area contributed by atoms with Crippen molar-refractivity contribution in [3.05, 3.63) is 107 Å². The van der Waals surface area contributed by atoms with Crippen molar-refractivity contribution in [1.82, 2.24) is 29.9 Å². The molecule has 326 valence electrons. The number of aromatic nitrogens is 8. The molecular weight excluding hydrogens is 873 g/mol. The maximum Gasteiger partial charge on any atom is 0.336 e. The SMILES string of the molecule is [CH2-][n+]1c2nc3[nH]c(nc4[n+]([CH2-])c(nc5[nH]c(nc1-c1cc(C(=O)O)c(C(=O)O)cc1-2)c1cc(C(=O)O)c(C(=O)O)cc51)-c1cc(C(=O)O)c(C(=O)O)cc1-4)c1cc(C(=O)O)c(C(=O)O)cc31. The number of nitrogens with one attached hydrogen (secondary N) is 2. The lowest BCUT2D eigenvalue weighted by Crippen LogP contribution is -2.28. The number of benzene rings is 4. The second-order valence-electron chi connectivity index (χ2n) is 14.5. The third-order valence-corrected chi connectivity index (χ3v) is 10.8. The summed E-state index contributed by atoms with van der Waals surface area (Å²) < 4.78 is 2.05. The Kier molecular flexibility index (Phi) is 8.81. The average Bonchev–Trinajstić information content (AvgIpc) is 3.93. The molecule has 7 aromatic rings. The lowest BCUT2D eigenvalue weighted by atomic mass is 9.98. The number of hydrogen-bond acceptors (Lipinski definition) is 12. The first-order chi connectivity index (χ1) is 31.2. The molecule has 10 N–H and O–H groups in total. The van der Waals surface area contributed by atoms with Gasteiger partial charge in [0.25, 0.3) is 0 Å². The molecule has 0 saturated heterocycles. The first kappa shape index (κ1) is 41.1. The number of aromatic carboxylic acids is 8. The van der Waals surface area contributed by atoms with E-state index in [9.17, 15) is 79.2 Å². The molecule has 0 radical (unpaired) electrons. The Hall–Kier alpha value is -10.3. The van der Waals surface area contributed by atoms with Gasteiger partial charge in [0, 0.05) is 21.5 Å². The largest absolute Gasteiger partial charge is 0.478 e. The number of nitrogens with zero attached hydrogens (tertiary/aromatic N) is 6. The molecule has 0 fully saturated rings. The Morgan fingerprint density at radius 1 is 0.333 bits per heavy atom. The Bertz CT molecular complexity index is 3300. The van der Waals surface area contributed by atoms with Crippen LogP contribution in [-0.4, -0.2) is 119 Å². The van der Waals surface area contributed by atoms with Gasteiger partial charge in [-0.05, 0) is 70.8 Å². The van der Waals surface area contributed by atoms with Gasteiger partial charge in [-0.15, -0.1) is 19.9 Å². The molecule has 0 saturated carbocycles. The number of aromatic amines is 2. The van der Waals surface area contributed by atoms with Crippen LogP contribution in [0.2, 0.25) is 0 Å². The molecule has 24 nitrogen and oxygen atoms in total. The standard InChI is InChI=1S/C42H22N8O16/c1-49-31-15-7-23(39(59)60)24(40(61)62)8-16(15)32(49)46-28-12-4-20(36(53)54)22(38(57)58)6-14(12)30(44-28)48-34-18-10-26(42(65)66)25(41(63)64)9-17(18)33(50(34)2)47-29-13-5-21(37(55)56)19(35(51)52)3-11(13)27(43-29)45-31/h3-10H,1-2H2,(H,51,52)(H,53,54)(H,55,56)(H,57,58)(H,59,60)(H,61,62)(H,63,64)(H,65,66)(H,43,45,47)(H,44,46,48). The van der Waals surface area contributed by atoms with Gasteiger partial charge in [-0.2, -0.15) is 0 Å². The van der Waals surface area contributed by atoms with Gasteiger partial charge >= 0.3 is 47.8 Å². The minimum atomic E-state index is -1.67. The summed E-state index contributed by atoms with van der Waals surface area (Å²) in [6, 6.07) is 7.67. The van der Waals surface area contributed by atoms with E-state index in [1.807, 2.05) is 0 Å². The Balaban J connectivity index is 1.59. The van der Waals surface area contributed by atoms with Crippen LogP contribution in [0.15, 0.2) is 48.5 Å². The second kappa shape index (κ2) is 14.1. The first-order valence-electron chi connectivity index (χ1n) is 18.4. The minimum absolute atomic E-state index is 0.111. The predicted octanol–water partition coefficient (Wildman–Crippen LogP) is 3.52. The quantitative estimate of drug-likeness (QED) is 0.0770. The first-order valence-corrected chi connectivity index (χ1v) is 18.4. The number of carbonyl (C=O) groups is 8. The summed E-state index contributed by atoms with van der Waals surface area (Å²) in [6.45, 7) is 0. The lowest BCUT2D eigenvalue weighted by Gasteiger charge is -2.06. The maximum absolute atomic E-state index is 12.5. The molecule has 24 heteroatoms. The normalized spacial score (nSPS) is 11.5. The van der Waals surface area contributed by atoms with Crippen LogP contribution >= 0.6 is 0 Å². The zero-order chi connectivity index (χ0) is 47.5. The number of H-pyrrole nitrogens is 2. The van der Waals surface area contributed by atoms with Crippen molar-refractivity contribution < 1.29 is 88.3 Å². The van der Waals surface area contributed by atoms with Gasteiger partial charge in [0.15, 0.2) is 23.3 Å². The van der Waals surface area contributed by atoms with Crippen molar-refractivity contribution in [2.45, 2.75) is 0 Å². The van der Waals surface area contributed by atoms with E-state index in [0.717, 1.165) is 57.7 Å². The molecular formula is C42H22N8O16. The Morgan fingerprint density at radius 2 is 0.500 bits per heavy atom. The van der Waals surface area contributed by atoms with Gasteiger partial charge in [-0.25, -0.2) is 38.4 Å². The fraction of sp³-hybridized carbons (Fsp3) is 0. The van der Waals surface area contributed by atoms with E-state index < -0.39 is 92.3 Å². The van der Waals surface area contributed by atoms with Crippen molar-refractivity contribution in [3.8, 4) is 45.6 Å². The van der Waals surface area contributed by atoms with E-state index in [0.29, 0.717) is 0 Å². The van der Waals surface area contributed by atoms with Crippen LogP contribution in [0.25, 0.3) is 89.7 Å². The van der Waals surface area contributed by atoms with Crippen molar-refractivity contribution in [1.29, 1.82) is 0 Å². The number of rotatable bonds is 8. The van der Waals surface area contributed by atoms with Gasteiger partial charge in [0.05, 0.1) is 44.5 Å². The molecule has 5 heterocycles. The van der Waals surface area contributed by atoms with Crippen LogP contribution in [0.1, 0.15) is 82.9 Å². The van der Waals surface area contributed by atoms with Crippen molar-refractivity contribution in [3.63, 3.8) is 0 Å². The van der Waals surface area contributed by atoms with Crippen LogP contribution in [0.3, 0.4) is 0 Å². The topological polar surface area (TPSA) is 389 Å². The smallest absolute Gasteiger partial charge is 0.336 e. The molecule has 9 rings (SSSR count). The average molecular weight is 895 g/mol. The second-order valence-corrected chi connectivity index (χ2v) is 14.5. The van der Waals surface area contributed by atoms with Crippen LogP contribution in [-0.2, 0) is 0 Å². The molecule has 66 heavy (non-hydrogen) atoms. The van der Waals surface area contributed by atoms with Gasteiger partial charge in [0.2, 0.25) is 22.6 Å². The Labute approximate surface area is 362 Å². The van der Waals surface area contributed by atoms with E-state index in [4.69, 9.17) is 0 Å². The summed E-state index contributed by atoms with van der Waals surface area (Å²) in [7, 11) is 8.04. The number of fused-ring (bicyclic) bond motifs is 20. The third kappa shape index (κ3) is 6.01. The van der Waals surface area contributed by atoms with Crippen LogP contribution in [0.4, 0.5) is 0 Å². The zero-order valence-corrected chi connectivity index (χ0v) is 32.6. The lowest BCUT2D eigenvalue weighted by molar-refractivity contribution is -0.590. The Morgan fingerprint density at radius 3 is 0.667 bits per heavy atom. The summed E-state index contributed by atoms with van der Waals surface area (Å²) in [5.41, 5.74) is -7.30. The van der Waals surface area contributed by atoms with E-state index >= 15 is 0 Å². The van der Waals surface area contributed by atoms with Crippen LogP contribution in [0, 0.1) is 14.1 Å². The van der Waals surface area contributed by atoms with E-state index in [-0.39, 0.29) is 89.7 Å². The molecule has 4 aromatic carbocycles. The third-order valence-electron chi connectivity index (χ3n) is 10.8. The molecule has 2 aliphatic rings. The van der Waals surface area contributed by atoms with Crippen molar-refractivity contribution in [2.75, 3.05) is 0 Å². The van der Waals surface area contributed by atoms with Gasteiger partial charge < -0.3 is 50.0 Å². The van der Waals surface area contributed by atoms with Crippen LogP contribution < -0.4 is 9.13 Å². The van der Waals surface area contributed by atoms with Gasteiger partial charge in [-0.1, -0.05) is 14.1 Å². The molecule has 0 aliphatic carbocycles. The number of carboxylic acid groups (broad SMARTS) is 8. The maximum atomic E-state index is 12.5.